The zero-order chi connectivity index (χ0) is 11.8. The standard InChI is InChI=1S/C15H19NO/c1-3-10-7-8-13-12(9-10)11-5-4-6-14(17-2)15(11)16-13/h4-6,10,16H,3,7-9H2,1-2H3. The lowest BCUT2D eigenvalue weighted by molar-refractivity contribution is 0.419. The van der Waals surface area contributed by atoms with Gasteiger partial charge >= 0.3 is 0 Å². The average Bonchev–Trinajstić information content (AvgIpc) is 2.76. The van der Waals surface area contributed by atoms with Crippen molar-refractivity contribution in [1.82, 2.24) is 4.98 Å². The van der Waals surface area contributed by atoms with Crippen molar-refractivity contribution in [2.45, 2.75) is 32.6 Å². The minimum absolute atomic E-state index is 0.854. The van der Waals surface area contributed by atoms with Crippen LogP contribution >= 0.6 is 0 Å². The van der Waals surface area contributed by atoms with Gasteiger partial charge in [-0.1, -0.05) is 25.5 Å². The number of hydrogen-bond acceptors (Lipinski definition) is 1. The minimum Gasteiger partial charge on any atom is -0.495 e. The van der Waals surface area contributed by atoms with E-state index < -0.39 is 0 Å². The molecule has 2 heteroatoms. The highest BCUT2D eigenvalue weighted by molar-refractivity contribution is 5.89. The molecule has 0 radical (unpaired) electrons. The van der Waals surface area contributed by atoms with Crippen molar-refractivity contribution in [2.75, 3.05) is 7.11 Å². The molecule has 1 heterocycles. The van der Waals surface area contributed by atoms with Crippen LogP contribution in [0, 0.1) is 5.92 Å². The number of rotatable bonds is 2. The first-order valence-electron chi connectivity index (χ1n) is 6.50. The maximum absolute atomic E-state index is 5.43. The van der Waals surface area contributed by atoms with Crippen LogP contribution in [0.2, 0.25) is 0 Å². The van der Waals surface area contributed by atoms with E-state index >= 15 is 0 Å². The van der Waals surface area contributed by atoms with Crippen LogP contribution in [0.15, 0.2) is 18.2 Å². The predicted molar refractivity (Wildman–Crippen MR) is 70.7 cm³/mol. The summed E-state index contributed by atoms with van der Waals surface area (Å²) < 4.78 is 5.43. The first kappa shape index (κ1) is 10.7. The second-order valence-corrected chi connectivity index (χ2v) is 4.98. The molecular formula is C15H19NO. The Hall–Kier alpha value is -1.44. The van der Waals surface area contributed by atoms with Crippen molar-refractivity contribution in [1.29, 1.82) is 0 Å². The van der Waals surface area contributed by atoms with Gasteiger partial charge in [0.15, 0.2) is 0 Å². The third kappa shape index (κ3) is 1.63. The van der Waals surface area contributed by atoms with E-state index in [-0.39, 0.29) is 0 Å². The van der Waals surface area contributed by atoms with E-state index in [2.05, 4.69) is 24.0 Å². The maximum atomic E-state index is 5.43. The molecule has 1 aromatic carbocycles. The van der Waals surface area contributed by atoms with Gasteiger partial charge in [-0.25, -0.2) is 0 Å². The Morgan fingerprint density at radius 1 is 1.41 bits per heavy atom. The van der Waals surface area contributed by atoms with E-state index in [9.17, 15) is 0 Å². The first-order valence-corrected chi connectivity index (χ1v) is 6.50. The lowest BCUT2D eigenvalue weighted by atomic mass is 9.85. The van der Waals surface area contributed by atoms with Crippen molar-refractivity contribution in [3.8, 4) is 5.75 Å². The average molecular weight is 229 g/mol. The molecule has 1 aromatic heterocycles. The summed E-state index contributed by atoms with van der Waals surface area (Å²) in [7, 11) is 1.74. The Morgan fingerprint density at radius 3 is 3.06 bits per heavy atom. The number of fused-ring (bicyclic) bond motifs is 3. The predicted octanol–water partition coefficient (Wildman–Crippen LogP) is 3.69. The van der Waals surface area contributed by atoms with Crippen LogP contribution in [0.5, 0.6) is 5.75 Å². The third-order valence-electron chi connectivity index (χ3n) is 4.08. The Kier molecular flexibility index (Phi) is 2.58. The molecule has 2 nitrogen and oxygen atoms in total. The van der Waals surface area contributed by atoms with E-state index in [1.807, 2.05) is 6.07 Å². The van der Waals surface area contributed by atoms with Gasteiger partial charge in [-0.15, -0.1) is 0 Å². The van der Waals surface area contributed by atoms with Gasteiger partial charge in [-0.3, -0.25) is 0 Å². The van der Waals surface area contributed by atoms with E-state index in [1.165, 1.54) is 47.8 Å². The van der Waals surface area contributed by atoms with Crippen LogP contribution in [0.4, 0.5) is 0 Å². The van der Waals surface area contributed by atoms with Gasteiger partial charge < -0.3 is 9.72 Å². The zero-order valence-corrected chi connectivity index (χ0v) is 10.5. The topological polar surface area (TPSA) is 25.0 Å². The Balaban J connectivity index is 2.16. The molecule has 0 aliphatic heterocycles. The number of aromatic amines is 1. The number of hydrogen-bond donors (Lipinski definition) is 1. The number of H-pyrrole nitrogens is 1. The lowest BCUT2D eigenvalue weighted by Crippen LogP contribution is -2.12. The molecule has 2 aromatic rings. The number of aromatic nitrogens is 1. The fourth-order valence-electron chi connectivity index (χ4n) is 3.00. The van der Waals surface area contributed by atoms with E-state index in [0.717, 1.165) is 11.7 Å². The van der Waals surface area contributed by atoms with Gasteiger partial charge in [-0.05, 0) is 36.8 Å². The normalized spacial score (nSPS) is 19.3. The molecule has 90 valence electrons. The molecule has 0 saturated heterocycles. The molecular weight excluding hydrogens is 210 g/mol. The number of para-hydroxylation sites is 1. The lowest BCUT2D eigenvalue weighted by Gasteiger charge is -2.20. The number of aryl methyl sites for hydroxylation is 1. The summed E-state index contributed by atoms with van der Waals surface area (Å²) in [5.74, 6) is 1.82. The van der Waals surface area contributed by atoms with Gasteiger partial charge in [0.2, 0.25) is 0 Å². The fourth-order valence-corrected chi connectivity index (χ4v) is 3.00. The largest absolute Gasteiger partial charge is 0.495 e. The molecule has 1 unspecified atom stereocenters. The van der Waals surface area contributed by atoms with Crippen molar-refractivity contribution < 1.29 is 4.74 Å². The summed E-state index contributed by atoms with van der Waals surface area (Å²) in [6, 6.07) is 6.33. The molecule has 3 rings (SSSR count). The van der Waals surface area contributed by atoms with E-state index in [4.69, 9.17) is 4.74 Å². The van der Waals surface area contributed by atoms with Gasteiger partial charge in [0.1, 0.15) is 5.75 Å². The molecule has 0 fully saturated rings. The van der Waals surface area contributed by atoms with Crippen LogP contribution in [-0.2, 0) is 12.8 Å². The highest BCUT2D eigenvalue weighted by Crippen LogP contribution is 2.36. The molecule has 1 N–H and O–H groups in total. The minimum atomic E-state index is 0.854. The number of methoxy groups -OCH3 is 1. The Morgan fingerprint density at radius 2 is 2.29 bits per heavy atom. The number of ether oxygens (including phenoxy) is 1. The summed E-state index contributed by atoms with van der Waals surface area (Å²) in [6.07, 6.45) is 5.01. The molecule has 0 spiro atoms. The van der Waals surface area contributed by atoms with Crippen molar-refractivity contribution in [3.05, 3.63) is 29.5 Å². The monoisotopic (exact) mass is 229 g/mol. The van der Waals surface area contributed by atoms with Crippen molar-refractivity contribution in [3.63, 3.8) is 0 Å². The Labute approximate surface area is 102 Å². The number of nitrogens with one attached hydrogen (secondary N) is 1. The summed E-state index contributed by atoms with van der Waals surface area (Å²) in [4.78, 5) is 3.56. The molecule has 17 heavy (non-hydrogen) atoms. The second-order valence-electron chi connectivity index (χ2n) is 4.98. The van der Waals surface area contributed by atoms with Crippen LogP contribution < -0.4 is 4.74 Å². The van der Waals surface area contributed by atoms with Crippen LogP contribution in [0.3, 0.4) is 0 Å². The van der Waals surface area contributed by atoms with Gasteiger partial charge in [-0.2, -0.15) is 0 Å². The van der Waals surface area contributed by atoms with Gasteiger partial charge in [0.05, 0.1) is 12.6 Å². The molecule has 0 amide bonds. The van der Waals surface area contributed by atoms with Crippen LogP contribution in [-0.4, -0.2) is 12.1 Å². The molecule has 0 bridgehead atoms. The third-order valence-corrected chi connectivity index (χ3v) is 4.08. The molecule has 1 atom stereocenters. The van der Waals surface area contributed by atoms with E-state index in [0.29, 0.717) is 0 Å². The maximum Gasteiger partial charge on any atom is 0.142 e. The summed E-state index contributed by atoms with van der Waals surface area (Å²) >= 11 is 0. The van der Waals surface area contributed by atoms with Crippen molar-refractivity contribution in [2.24, 2.45) is 5.92 Å². The van der Waals surface area contributed by atoms with Crippen molar-refractivity contribution >= 4 is 10.9 Å². The summed E-state index contributed by atoms with van der Waals surface area (Å²) in [5, 5.41) is 1.36. The smallest absolute Gasteiger partial charge is 0.142 e. The van der Waals surface area contributed by atoms with Crippen LogP contribution in [0.25, 0.3) is 10.9 Å². The van der Waals surface area contributed by atoms with Crippen LogP contribution in [0.1, 0.15) is 31.0 Å². The molecule has 0 saturated carbocycles. The molecule has 1 aliphatic rings. The second kappa shape index (κ2) is 4.10. The highest BCUT2D eigenvalue weighted by atomic mass is 16.5. The SMILES string of the molecule is CCC1CCc2[nH]c3c(OC)cccc3c2C1. The van der Waals surface area contributed by atoms with E-state index in [1.54, 1.807) is 7.11 Å². The highest BCUT2D eigenvalue weighted by Gasteiger charge is 2.22. The first-order chi connectivity index (χ1) is 8.33. The summed E-state index contributed by atoms with van der Waals surface area (Å²) in [5.41, 5.74) is 4.13. The Bertz CT molecular complexity index is 541. The van der Waals surface area contributed by atoms with Gasteiger partial charge in [0, 0.05) is 11.1 Å². The quantitative estimate of drug-likeness (QED) is 0.834. The zero-order valence-electron chi connectivity index (χ0n) is 10.5. The fraction of sp³-hybridized carbons (Fsp3) is 0.467. The molecule has 1 aliphatic carbocycles. The summed E-state index contributed by atoms with van der Waals surface area (Å²) in [6.45, 7) is 2.30. The van der Waals surface area contributed by atoms with Gasteiger partial charge in [0.25, 0.3) is 0 Å². The number of benzene rings is 1.